The number of hydrogen-bond acceptors (Lipinski definition) is 4. The van der Waals surface area contributed by atoms with E-state index in [2.05, 4.69) is 82.6 Å². The Bertz CT molecular complexity index is 1120. The lowest BCUT2D eigenvalue weighted by Gasteiger charge is -2.44. The molecule has 174 valence electrons. The van der Waals surface area contributed by atoms with E-state index in [1.54, 1.807) is 0 Å². The zero-order chi connectivity index (χ0) is 23.4. The molecule has 0 aliphatic carbocycles. The lowest BCUT2D eigenvalue weighted by Crippen LogP contribution is -2.54. The van der Waals surface area contributed by atoms with Crippen LogP contribution in [0.2, 0.25) is 0 Å². The second-order valence-corrected chi connectivity index (χ2v) is 9.20. The fourth-order valence-electron chi connectivity index (χ4n) is 4.98. The molecule has 1 atom stereocenters. The third-order valence-corrected chi connectivity index (χ3v) is 6.88. The normalized spacial score (nSPS) is 17.0. The molecule has 0 spiro atoms. The van der Waals surface area contributed by atoms with Crippen LogP contribution in [0.5, 0.6) is 0 Å². The van der Waals surface area contributed by atoms with Crippen LogP contribution >= 0.6 is 0 Å². The molecule has 0 saturated carbocycles. The van der Waals surface area contributed by atoms with Crippen molar-refractivity contribution in [2.45, 2.75) is 25.1 Å². The summed E-state index contributed by atoms with van der Waals surface area (Å²) in [6.45, 7) is 5.10. The van der Waals surface area contributed by atoms with Crippen molar-refractivity contribution in [1.29, 1.82) is 0 Å². The number of hydrogen-bond donors (Lipinski definition) is 1. The van der Waals surface area contributed by atoms with Crippen molar-refractivity contribution < 1.29 is 9.52 Å². The summed E-state index contributed by atoms with van der Waals surface area (Å²) < 4.78 is 6.11. The number of aliphatic hydroxyl groups is 1. The first-order chi connectivity index (χ1) is 16.6. The average molecular weight is 453 g/mol. The molecule has 2 heterocycles. The molecule has 3 aromatic carbocycles. The Morgan fingerprint density at radius 2 is 1.26 bits per heavy atom. The maximum Gasteiger partial charge on any atom is 0.174 e. The van der Waals surface area contributed by atoms with Crippen molar-refractivity contribution in [3.8, 4) is 0 Å². The number of piperazine rings is 1. The highest BCUT2D eigenvalue weighted by Crippen LogP contribution is 2.33. The van der Waals surface area contributed by atoms with Gasteiger partial charge < -0.3 is 9.52 Å². The van der Waals surface area contributed by atoms with Crippen molar-refractivity contribution in [3.63, 3.8) is 0 Å². The predicted molar refractivity (Wildman–Crippen MR) is 135 cm³/mol. The van der Waals surface area contributed by atoms with Crippen LogP contribution in [-0.4, -0.2) is 41.1 Å². The second kappa shape index (κ2) is 9.98. The monoisotopic (exact) mass is 452 g/mol. The second-order valence-electron chi connectivity index (χ2n) is 9.20. The summed E-state index contributed by atoms with van der Waals surface area (Å²) in [6.07, 6.45) is 0.723. The first kappa shape index (κ1) is 22.6. The van der Waals surface area contributed by atoms with Crippen molar-refractivity contribution in [3.05, 3.63) is 131 Å². The van der Waals surface area contributed by atoms with Gasteiger partial charge in [0.15, 0.2) is 11.5 Å². The fraction of sp³-hybridized carbons (Fsp3) is 0.267. The molecule has 1 unspecified atom stereocenters. The Balaban J connectivity index is 1.29. The van der Waals surface area contributed by atoms with Crippen LogP contribution in [0, 0.1) is 0 Å². The van der Waals surface area contributed by atoms with Crippen LogP contribution in [0.1, 0.15) is 41.2 Å². The van der Waals surface area contributed by atoms with Gasteiger partial charge in [0.05, 0.1) is 6.04 Å². The van der Waals surface area contributed by atoms with Crippen molar-refractivity contribution >= 4 is 0 Å². The summed E-state index contributed by atoms with van der Waals surface area (Å²) >= 11 is 0. The van der Waals surface area contributed by atoms with Crippen LogP contribution in [-0.2, 0) is 12.1 Å². The highest BCUT2D eigenvalue weighted by atomic mass is 16.4. The molecule has 1 saturated heterocycles. The first-order valence-electron chi connectivity index (χ1n) is 12.1. The minimum atomic E-state index is -1.14. The van der Waals surface area contributed by atoms with Crippen LogP contribution in [0.3, 0.4) is 0 Å². The third-order valence-electron chi connectivity index (χ3n) is 6.88. The summed E-state index contributed by atoms with van der Waals surface area (Å²) in [5.41, 5.74) is 2.65. The van der Waals surface area contributed by atoms with Crippen molar-refractivity contribution in [1.82, 2.24) is 9.80 Å². The quantitative estimate of drug-likeness (QED) is 0.405. The Kier molecular flexibility index (Phi) is 6.63. The van der Waals surface area contributed by atoms with Crippen LogP contribution in [0.4, 0.5) is 0 Å². The van der Waals surface area contributed by atoms with E-state index in [0.717, 1.165) is 38.4 Å². The fourth-order valence-corrected chi connectivity index (χ4v) is 4.98. The van der Waals surface area contributed by atoms with Crippen LogP contribution in [0.15, 0.2) is 108 Å². The summed E-state index contributed by atoms with van der Waals surface area (Å²) in [6, 6.07) is 35.8. The van der Waals surface area contributed by atoms with Gasteiger partial charge in [-0.3, -0.25) is 9.80 Å². The maximum atomic E-state index is 11.5. The van der Waals surface area contributed by atoms with Gasteiger partial charge in [-0.25, -0.2) is 0 Å². The zero-order valence-electron chi connectivity index (χ0n) is 19.7. The summed E-state index contributed by atoms with van der Waals surface area (Å²) in [4.78, 5) is 4.64. The lowest BCUT2D eigenvalue weighted by atomic mass is 9.96. The molecule has 4 aromatic rings. The minimum Gasteiger partial charge on any atom is -0.461 e. The number of benzene rings is 3. The highest BCUT2D eigenvalue weighted by molar-refractivity contribution is 5.32. The average Bonchev–Trinajstić information content (AvgIpc) is 3.36. The van der Waals surface area contributed by atoms with Crippen LogP contribution < -0.4 is 0 Å². The van der Waals surface area contributed by atoms with Gasteiger partial charge in [-0.2, -0.15) is 0 Å². The van der Waals surface area contributed by atoms with E-state index in [0.29, 0.717) is 5.76 Å². The van der Waals surface area contributed by atoms with E-state index >= 15 is 0 Å². The van der Waals surface area contributed by atoms with E-state index < -0.39 is 5.72 Å². The van der Waals surface area contributed by atoms with Gasteiger partial charge in [0.25, 0.3) is 0 Å². The van der Waals surface area contributed by atoms with Crippen molar-refractivity contribution in [2.75, 3.05) is 26.2 Å². The van der Waals surface area contributed by atoms with Crippen LogP contribution in [0.25, 0.3) is 0 Å². The minimum absolute atomic E-state index is 0.204. The topological polar surface area (TPSA) is 39.9 Å². The molecular weight excluding hydrogens is 420 g/mol. The largest absolute Gasteiger partial charge is 0.461 e. The van der Waals surface area contributed by atoms with Gasteiger partial charge in [0.2, 0.25) is 0 Å². The summed E-state index contributed by atoms with van der Waals surface area (Å²) in [7, 11) is 0. The molecule has 0 amide bonds. The summed E-state index contributed by atoms with van der Waals surface area (Å²) in [5, 5.41) is 11.5. The van der Waals surface area contributed by atoms with E-state index in [1.165, 1.54) is 16.7 Å². The molecule has 1 aromatic heterocycles. The Hall–Kier alpha value is -3.18. The molecule has 34 heavy (non-hydrogen) atoms. The molecule has 4 nitrogen and oxygen atoms in total. The molecule has 0 bridgehead atoms. The van der Waals surface area contributed by atoms with E-state index in [1.807, 2.05) is 37.3 Å². The molecule has 1 fully saturated rings. The van der Waals surface area contributed by atoms with Gasteiger partial charge >= 0.3 is 0 Å². The van der Waals surface area contributed by atoms with Gasteiger partial charge in [0.1, 0.15) is 5.76 Å². The maximum absolute atomic E-state index is 11.5. The zero-order valence-corrected chi connectivity index (χ0v) is 19.7. The standard InChI is InChI=1S/C30H32N2O2/c1-30(33,28-18-17-27(34-28)23-24-11-5-2-6-12-24)32-21-19-31(20-22-32)29(25-13-7-3-8-14-25)26-15-9-4-10-16-26/h2-18,29,33H,19-23H2,1H3. The van der Waals surface area contributed by atoms with Gasteiger partial charge in [-0.1, -0.05) is 91.0 Å². The highest BCUT2D eigenvalue weighted by Gasteiger charge is 2.38. The Morgan fingerprint density at radius 3 is 1.82 bits per heavy atom. The van der Waals surface area contributed by atoms with Gasteiger partial charge in [-0.15, -0.1) is 0 Å². The molecule has 1 N–H and O–H groups in total. The smallest absolute Gasteiger partial charge is 0.174 e. The predicted octanol–water partition coefficient (Wildman–Crippen LogP) is 5.44. The van der Waals surface area contributed by atoms with Gasteiger partial charge in [-0.05, 0) is 35.7 Å². The first-order valence-corrected chi connectivity index (χ1v) is 12.1. The Labute approximate surface area is 202 Å². The molecule has 4 heteroatoms. The Morgan fingerprint density at radius 1 is 0.735 bits per heavy atom. The number of rotatable bonds is 7. The molecule has 0 radical (unpaired) electrons. The molecule has 1 aliphatic heterocycles. The van der Waals surface area contributed by atoms with Gasteiger partial charge in [0, 0.05) is 32.6 Å². The third kappa shape index (κ3) is 4.85. The van der Waals surface area contributed by atoms with E-state index in [-0.39, 0.29) is 6.04 Å². The number of nitrogens with zero attached hydrogens (tertiary/aromatic N) is 2. The van der Waals surface area contributed by atoms with Crippen molar-refractivity contribution in [2.24, 2.45) is 0 Å². The summed E-state index contributed by atoms with van der Waals surface area (Å²) in [5.74, 6) is 1.47. The molecule has 1 aliphatic rings. The van der Waals surface area contributed by atoms with E-state index in [9.17, 15) is 5.11 Å². The SMILES string of the molecule is CC(O)(c1ccc(Cc2ccccc2)o1)N1CCN(C(c2ccccc2)c2ccccc2)CC1. The lowest BCUT2D eigenvalue weighted by molar-refractivity contribution is -0.132. The molecule has 5 rings (SSSR count). The van der Waals surface area contributed by atoms with E-state index in [4.69, 9.17) is 4.42 Å². The number of furan rings is 1. The molecular formula is C30H32N2O2.